The van der Waals surface area contributed by atoms with Crippen molar-refractivity contribution in [1.82, 2.24) is 4.90 Å². The highest BCUT2D eigenvalue weighted by molar-refractivity contribution is 8.13. The first kappa shape index (κ1) is 15.6. The number of carbonyl (C=O) groups is 1. The Kier molecular flexibility index (Phi) is 4.89. The van der Waals surface area contributed by atoms with Gasteiger partial charge in [0.25, 0.3) is 0 Å². The van der Waals surface area contributed by atoms with E-state index in [1.54, 1.807) is 4.90 Å². The summed E-state index contributed by atoms with van der Waals surface area (Å²) in [6.07, 6.45) is 0.954. The van der Waals surface area contributed by atoms with E-state index >= 15 is 0 Å². The van der Waals surface area contributed by atoms with Crippen LogP contribution in [-0.2, 0) is 13.8 Å². The summed E-state index contributed by atoms with van der Waals surface area (Å²) >= 11 is 0. The predicted octanol–water partition coefficient (Wildman–Crippen LogP) is 2.20. The van der Waals surface area contributed by atoms with Crippen LogP contribution in [0.1, 0.15) is 33.6 Å². The minimum Gasteiger partial charge on any atom is -0.444 e. The number of hydrogen-bond donors (Lipinski definition) is 0. The molecule has 1 aliphatic rings. The number of amides is 1. The van der Waals surface area contributed by atoms with Gasteiger partial charge >= 0.3 is 6.09 Å². The molecule has 0 spiro atoms. The maximum absolute atomic E-state index is 11.8. The van der Waals surface area contributed by atoms with Gasteiger partial charge in [-0.25, -0.2) is 13.2 Å². The number of halogens is 1. The van der Waals surface area contributed by atoms with Gasteiger partial charge in [0.1, 0.15) is 5.60 Å². The largest absolute Gasteiger partial charge is 0.444 e. The van der Waals surface area contributed by atoms with E-state index in [1.165, 1.54) is 0 Å². The molecule has 1 unspecified atom stereocenters. The van der Waals surface area contributed by atoms with E-state index in [0.717, 1.165) is 6.42 Å². The Hall–Kier alpha value is -0.490. The summed E-state index contributed by atoms with van der Waals surface area (Å²) in [5, 5.41) is 0. The van der Waals surface area contributed by atoms with Gasteiger partial charge in [-0.2, -0.15) is 0 Å². The van der Waals surface area contributed by atoms with Crippen molar-refractivity contribution in [2.45, 2.75) is 39.2 Å². The summed E-state index contributed by atoms with van der Waals surface area (Å²) < 4.78 is 27.0. The van der Waals surface area contributed by atoms with Crippen LogP contribution in [0.3, 0.4) is 0 Å². The maximum atomic E-state index is 11.8. The first-order valence-electron chi connectivity index (χ1n) is 5.97. The van der Waals surface area contributed by atoms with Crippen LogP contribution in [0.25, 0.3) is 0 Å². The zero-order chi connectivity index (χ0) is 14.0. The molecule has 1 rings (SSSR count). The van der Waals surface area contributed by atoms with E-state index in [-0.39, 0.29) is 17.8 Å². The van der Waals surface area contributed by atoms with Crippen LogP contribution in [0, 0.1) is 5.92 Å². The van der Waals surface area contributed by atoms with Crippen molar-refractivity contribution in [3.05, 3.63) is 0 Å². The average molecular weight is 298 g/mol. The third-order valence-electron chi connectivity index (χ3n) is 2.71. The summed E-state index contributed by atoms with van der Waals surface area (Å²) in [6, 6.07) is 0. The highest BCUT2D eigenvalue weighted by Crippen LogP contribution is 2.22. The lowest BCUT2D eigenvalue weighted by Gasteiger charge is -2.24. The van der Waals surface area contributed by atoms with Crippen molar-refractivity contribution >= 4 is 25.8 Å². The van der Waals surface area contributed by atoms with Crippen molar-refractivity contribution in [2.24, 2.45) is 5.92 Å². The lowest BCUT2D eigenvalue weighted by Crippen LogP contribution is -2.35. The average Bonchev–Trinajstić information content (AvgIpc) is 2.58. The Labute approximate surface area is 113 Å². The molecule has 1 atom stereocenters. The number of ether oxygens (including phenoxy) is 1. The molecule has 0 N–H and O–H groups in total. The molecule has 0 aromatic rings. The van der Waals surface area contributed by atoms with Crippen molar-refractivity contribution in [2.75, 3.05) is 18.8 Å². The molecule has 1 fully saturated rings. The Morgan fingerprint density at radius 1 is 1.44 bits per heavy atom. The number of carbonyl (C=O) groups excluding carboxylic acids is 1. The van der Waals surface area contributed by atoms with Crippen molar-refractivity contribution in [3.63, 3.8) is 0 Å². The molecule has 1 amide bonds. The van der Waals surface area contributed by atoms with Gasteiger partial charge in [0.15, 0.2) is 0 Å². The first-order valence-corrected chi connectivity index (χ1v) is 8.45. The Morgan fingerprint density at radius 3 is 2.56 bits per heavy atom. The van der Waals surface area contributed by atoms with Gasteiger partial charge in [0.2, 0.25) is 9.05 Å². The minimum absolute atomic E-state index is 0.0403. The monoisotopic (exact) mass is 297 g/mol. The second-order valence-corrected chi connectivity index (χ2v) is 8.51. The quantitative estimate of drug-likeness (QED) is 0.749. The van der Waals surface area contributed by atoms with Crippen LogP contribution in [-0.4, -0.2) is 43.9 Å². The van der Waals surface area contributed by atoms with Crippen LogP contribution in [0.2, 0.25) is 0 Å². The summed E-state index contributed by atoms with van der Waals surface area (Å²) in [4.78, 5) is 13.4. The molecule has 0 aromatic carbocycles. The molecule has 0 bridgehead atoms. The highest BCUT2D eigenvalue weighted by atomic mass is 35.7. The van der Waals surface area contributed by atoms with E-state index in [9.17, 15) is 13.2 Å². The molecule has 7 heteroatoms. The molecule has 0 aliphatic carbocycles. The number of hydrogen-bond acceptors (Lipinski definition) is 4. The number of nitrogens with zero attached hydrogens (tertiary/aromatic N) is 1. The van der Waals surface area contributed by atoms with E-state index in [1.807, 2.05) is 20.8 Å². The van der Waals surface area contributed by atoms with E-state index < -0.39 is 14.7 Å². The standard InChI is InChI=1S/C11H20ClNO4S/c1-11(2,3)17-10(14)13-6-4-9(8-13)5-7-18(12,15)16/h9H,4-8H2,1-3H3. The second kappa shape index (κ2) is 5.65. The molecule has 0 radical (unpaired) electrons. The second-order valence-electron chi connectivity index (χ2n) is 5.61. The third-order valence-corrected chi connectivity index (χ3v) is 3.89. The molecule has 106 valence electrons. The van der Waals surface area contributed by atoms with E-state index in [2.05, 4.69) is 0 Å². The van der Waals surface area contributed by atoms with Gasteiger partial charge in [-0.3, -0.25) is 0 Å². The number of likely N-dealkylation sites (tertiary alicyclic amines) is 1. The van der Waals surface area contributed by atoms with Gasteiger partial charge in [-0.15, -0.1) is 0 Å². The summed E-state index contributed by atoms with van der Waals surface area (Å²) in [5.41, 5.74) is -0.505. The van der Waals surface area contributed by atoms with Crippen LogP contribution < -0.4 is 0 Å². The molecule has 1 heterocycles. The van der Waals surface area contributed by atoms with Gasteiger partial charge in [-0.05, 0) is 39.5 Å². The lowest BCUT2D eigenvalue weighted by atomic mass is 10.1. The van der Waals surface area contributed by atoms with Gasteiger partial charge in [0.05, 0.1) is 5.75 Å². The minimum atomic E-state index is -3.44. The lowest BCUT2D eigenvalue weighted by molar-refractivity contribution is 0.0288. The van der Waals surface area contributed by atoms with E-state index in [4.69, 9.17) is 15.4 Å². The summed E-state index contributed by atoms with van der Waals surface area (Å²) in [5.74, 6) is 0.146. The fourth-order valence-corrected chi connectivity index (χ4v) is 2.75. The summed E-state index contributed by atoms with van der Waals surface area (Å²) in [6.45, 7) is 6.61. The van der Waals surface area contributed by atoms with Gasteiger partial charge in [-0.1, -0.05) is 0 Å². The molecular formula is C11H20ClNO4S. The molecule has 18 heavy (non-hydrogen) atoms. The van der Waals surface area contributed by atoms with E-state index in [0.29, 0.717) is 19.5 Å². The zero-order valence-corrected chi connectivity index (χ0v) is 12.6. The van der Waals surface area contributed by atoms with Crippen LogP contribution >= 0.6 is 10.7 Å². The van der Waals surface area contributed by atoms with Gasteiger partial charge < -0.3 is 9.64 Å². The highest BCUT2D eigenvalue weighted by Gasteiger charge is 2.30. The SMILES string of the molecule is CC(C)(C)OC(=O)N1CCC(CCS(=O)(=O)Cl)C1. The van der Waals surface area contributed by atoms with Crippen molar-refractivity contribution in [3.8, 4) is 0 Å². The third kappa shape index (κ3) is 5.91. The topological polar surface area (TPSA) is 63.7 Å². The molecule has 1 saturated heterocycles. The fraction of sp³-hybridized carbons (Fsp3) is 0.909. The van der Waals surface area contributed by atoms with Crippen molar-refractivity contribution < 1.29 is 17.9 Å². The van der Waals surface area contributed by atoms with Gasteiger partial charge in [0, 0.05) is 23.8 Å². The smallest absolute Gasteiger partial charge is 0.410 e. The molecular weight excluding hydrogens is 278 g/mol. The fourth-order valence-electron chi connectivity index (χ4n) is 1.87. The first-order chi connectivity index (χ1) is 8.07. The van der Waals surface area contributed by atoms with Crippen LogP contribution in [0.5, 0.6) is 0 Å². The predicted molar refractivity (Wildman–Crippen MR) is 70.2 cm³/mol. The Bertz CT molecular complexity index is 402. The normalized spacial score (nSPS) is 21.1. The van der Waals surface area contributed by atoms with Crippen LogP contribution in [0.15, 0.2) is 0 Å². The number of rotatable bonds is 3. The Balaban J connectivity index is 2.39. The maximum Gasteiger partial charge on any atom is 0.410 e. The summed E-state index contributed by atoms with van der Waals surface area (Å²) in [7, 11) is 1.72. The molecule has 5 nitrogen and oxygen atoms in total. The van der Waals surface area contributed by atoms with Crippen LogP contribution in [0.4, 0.5) is 4.79 Å². The molecule has 1 aliphatic heterocycles. The Morgan fingerprint density at radius 2 is 2.06 bits per heavy atom. The zero-order valence-electron chi connectivity index (χ0n) is 11.0. The van der Waals surface area contributed by atoms with Crippen molar-refractivity contribution in [1.29, 1.82) is 0 Å². The molecule has 0 aromatic heterocycles. The molecule has 0 saturated carbocycles.